The Morgan fingerprint density at radius 1 is 1.24 bits per heavy atom. The summed E-state index contributed by atoms with van der Waals surface area (Å²) < 4.78 is 14.9. The first-order valence-electron chi connectivity index (χ1n) is 6.58. The maximum Gasteiger partial charge on any atom is 0.129 e. The molecule has 1 N–H and O–H groups in total. The molecule has 0 aliphatic carbocycles. The molecule has 2 aromatic rings. The maximum absolute atomic E-state index is 14.4. The molecule has 0 heterocycles. The summed E-state index contributed by atoms with van der Waals surface area (Å²) in [6.45, 7) is 4.58. The number of rotatable bonds is 4. The molecule has 0 bridgehead atoms. The van der Waals surface area contributed by atoms with Gasteiger partial charge in [0.2, 0.25) is 0 Å². The van der Waals surface area contributed by atoms with Crippen molar-refractivity contribution in [2.24, 2.45) is 0 Å². The minimum absolute atomic E-state index is 0.324. The van der Waals surface area contributed by atoms with Gasteiger partial charge in [0.05, 0.1) is 11.1 Å². The highest BCUT2D eigenvalue weighted by Crippen LogP contribution is 2.35. The van der Waals surface area contributed by atoms with E-state index in [4.69, 9.17) is 23.2 Å². The molecular formula is C16H15BrCl2FN. The topological polar surface area (TPSA) is 12.0 Å². The van der Waals surface area contributed by atoms with Crippen LogP contribution in [0.5, 0.6) is 0 Å². The fourth-order valence-electron chi connectivity index (χ4n) is 2.24. The maximum atomic E-state index is 14.4. The van der Waals surface area contributed by atoms with E-state index in [1.807, 2.05) is 32.0 Å². The highest BCUT2D eigenvalue weighted by atomic mass is 79.9. The average Bonchev–Trinajstić information content (AvgIpc) is 2.44. The van der Waals surface area contributed by atoms with Crippen LogP contribution in [0.1, 0.15) is 29.7 Å². The zero-order chi connectivity index (χ0) is 15.6. The van der Waals surface area contributed by atoms with Crippen LogP contribution < -0.4 is 5.32 Å². The van der Waals surface area contributed by atoms with Crippen LogP contribution in [0.15, 0.2) is 34.8 Å². The van der Waals surface area contributed by atoms with Crippen LogP contribution in [0.25, 0.3) is 0 Å². The van der Waals surface area contributed by atoms with Crippen LogP contribution in [-0.2, 0) is 0 Å². The second-order valence-electron chi connectivity index (χ2n) is 4.76. The molecule has 21 heavy (non-hydrogen) atoms. The quantitative estimate of drug-likeness (QED) is 0.640. The van der Waals surface area contributed by atoms with Crippen molar-refractivity contribution < 1.29 is 4.39 Å². The molecule has 0 fully saturated rings. The lowest BCUT2D eigenvalue weighted by Gasteiger charge is -2.22. The van der Waals surface area contributed by atoms with Gasteiger partial charge in [0.1, 0.15) is 5.82 Å². The van der Waals surface area contributed by atoms with Gasteiger partial charge in [0, 0.05) is 15.1 Å². The molecule has 0 aromatic heterocycles. The predicted octanol–water partition coefficient (Wildman–Crippen LogP) is 5.90. The molecule has 0 spiro atoms. The van der Waals surface area contributed by atoms with Gasteiger partial charge < -0.3 is 5.32 Å². The van der Waals surface area contributed by atoms with E-state index in [0.717, 1.165) is 11.1 Å². The Hall–Kier alpha value is -0.610. The first-order chi connectivity index (χ1) is 9.95. The molecule has 0 saturated carbocycles. The Kier molecular flexibility index (Phi) is 5.67. The molecule has 112 valence electrons. The summed E-state index contributed by atoms with van der Waals surface area (Å²) in [5.41, 5.74) is 2.29. The monoisotopic (exact) mass is 389 g/mol. The standard InChI is InChI=1S/C16H15BrCl2FN/c1-3-21-16(10-6-4-5-9(2)15(10)19)11-7-13(18)12(17)8-14(11)20/h4-8,16,21H,3H2,1-2H3. The molecular weight excluding hydrogens is 376 g/mol. The van der Waals surface area contributed by atoms with Gasteiger partial charge in [-0.15, -0.1) is 0 Å². The Balaban J connectivity index is 2.59. The van der Waals surface area contributed by atoms with Gasteiger partial charge in [0.15, 0.2) is 0 Å². The summed E-state index contributed by atoms with van der Waals surface area (Å²) in [5, 5.41) is 4.38. The SMILES string of the molecule is CCNC(c1cc(Cl)c(Br)cc1F)c1cccc(C)c1Cl. The summed E-state index contributed by atoms with van der Waals surface area (Å²) in [6, 6.07) is 8.42. The van der Waals surface area contributed by atoms with Crippen molar-refractivity contribution in [1.82, 2.24) is 5.32 Å². The Bertz CT molecular complexity index is 661. The smallest absolute Gasteiger partial charge is 0.129 e. The minimum atomic E-state index is -0.340. The van der Waals surface area contributed by atoms with Crippen LogP contribution in [0.2, 0.25) is 10.0 Å². The molecule has 1 unspecified atom stereocenters. The molecule has 0 radical (unpaired) electrons. The third kappa shape index (κ3) is 3.59. The molecule has 1 nitrogen and oxygen atoms in total. The first kappa shape index (κ1) is 16.8. The summed E-state index contributed by atoms with van der Waals surface area (Å²) in [4.78, 5) is 0. The van der Waals surface area contributed by atoms with E-state index in [9.17, 15) is 4.39 Å². The lowest BCUT2D eigenvalue weighted by molar-refractivity contribution is 0.558. The molecule has 0 aliphatic heterocycles. The number of aryl methyl sites for hydroxylation is 1. The van der Waals surface area contributed by atoms with Crippen LogP contribution in [-0.4, -0.2) is 6.54 Å². The van der Waals surface area contributed by atoms with Crippen molar-refractivity contribution in [2.75, 3.05) is 6.54 Å². The van der Waals surface area contributed by atoms with Gasteiger partial charge in [-0.1, -0.05) is 48.3 Å². The fraction of sp³-hybridized carbons (Fsp3) is 0.250. The minimum Gasteiger partial charge on any atom is -0.306 e. The number of benzene rings is 2. The summed E-state index contributed by atoms with van der Waals surface area (Å²) in [5.74, 6) is -0.324. The summed E-state index contributed by atoms with van der Waals surface area (Å²) in [7, 11) is 0. The number of hydrogen-bond donors (Lipinski definition) is 1. The first-order valence-corrected chi connectivity index (χ1v) is 8.13. The van der Waals surface area contributed by atoms with E-state index in [1.54, 1.807) is 6.07 Å². The predicted molar refractivity (Wildman–Crippen MR) is 90.8 cm³/mol. The lowest BCUT2D eigenvalue weighted by Crippen LogP contribution is -2.23. The Labute approximate surface area is 142 Å². The molecule has 2 aromatic carbocycles. The number of hydrogen-bond acceptors (Lipinski definition) is 1. The van der Waals surface area contributed by atoms with E-state index >= 15 is 0 Å². The van der Waals surface area contributed by atoms with Gasteiger partial charge in [-0.25, -0.2) is 4.39 Å². The van der Waals surface area contributed by atoms with Crippen molar-refractivity contribution in [3.8, 4) is 0 Å². The van der Waals surface area contributed by atoms with Gasteiger partial charge in [-0.2, -0.15) is 0 Å². The van der Waals surface area contributed by atoms with Crippen LogP contribution in [0, 0.1) is 12.7 Å². The van der Waals surface area contributed by atoms with E-state index in [1.165, 1.54) is 6.07 Å². The zero-order valence-electron chi connectivity index (χ0n) is 11.7. The third-order valence-corrected chi connectivity index (χ3v) is 5.00. The Morgan fingerprint density at radius 2 is 1.95 bits per heavy atom. The van der Waals surface area contributed by atoms with Crippen molar-refractivity contribution in [3.63, 3.8) is 0 Å². The van der Waals surface area contributed by atoms with Gasteiger partial charge in [0.25, 0.3) is 0 Å². The zero-order valence-corrected chi connectivity index (χ0v) is 14.8. The van der Waals surface area contributed by atoms with Crippen molar-refractivity contribution in [3.05, 3.63) is 67.4 Å². The summed E-state index contributed by atoms with van der Waals surface area (Å²) >= 11 is 15.7. The molecule has 1 atom stereocenters. The largest absolute Gasteiger partial charge is 0.306 e. The highest BCUT2D eigenvalue weighted by Gasteiger charge is 2.21. The average molecular weight is 391 g/mol. The van der Waals surface area contributed by atoms with Crippen LogP contribution >= 0.6 is 39.1 Å². The van der Waals surface area contributed by atoms with Gasteiger partial charge in [-0.3, -0.25) is 0 Å². The van der Waals surface area contributed by atoms with E-state index < -0.39 is 0 Å². The number of nitrogens with one attached hydrogen (secondary N) is 1. The van der Waals surface area contributed by atoms with Crippen LogP contribution in [0.3, 0.4) is 0 Å². The van der Waals surface area contributed by atoms with Crippen molar-refractivity contribution >= 4 is 39.1 Å². The van der Waals surface area contributed by atoms with Crippen molar-refractivity contribution in [2.45, 2.75) is 19.9 Å². The normalized spacial score (nSPS) is 12.5. The third-order valence-electron chi connectivity index (χ3n) is 3.29. The molecule has 2 rings (SSSR count). The molecule has 0 saturated heterocycles. The summed E-state index contributed by atoms with van der Waals surface area (Å²) in [6.07, 6.45) is 0. The Morgan fingerprint density at radius 3 is 2.62 bits per heavy atom. The van der Waals surface area contributed by atoms with E-state index in [2.05, 4.69) is 21.2 Å². The highest BCUT2D eigenvalue weighted by molar-refractivity contribution is 9.10. The second kappa shape index (κ2) is 7.10. The van der Waals surface area contributed by atoms with E-state index in [0.29, 0.717) is 26.6 Å². The molecule has 0 aliphatic rings. The number of halogens is 4. The van der Waals surface area contributed by atoms with Crippen LogP contribution in [0.4, 0.5) is 4.39 Å². The van der Waals surface area contributed by atoms with Gasteiger partial charge in [-0.05, 0) is 52.7 Å². The van der Waals surface area contributed by atoms with Gasteiger partial charge >= 0.3 is 0 Å². The second-order valence-corrected chi connectivity index (χ2v) is 6.40. The van der Waals surface area contributed by atoms with Crippen molar-refractivity contribution in [1.29, 1.82) is 0 Å². The lowest BCUT2D eigenvalue weighted by atomic mass is 9.96. The fourth-order valence-corrected chi connectivity index (χ4v) is 2.97. The molecule has 5 heteroatoms. The van der Waals surface area contributed by atoms with E-state index in [-0.39, 0.29) is 11.9 Å². The molecule has 0 amide bonds.